The SMILES string of the molecule is CC1(C)CCCCC1C(=O)NC1CCCCCC1Cl. The van der Waals surface area contributed by atoms with Crippen molar-refractivity contribution in [1.82, 2.24) is 5.32 Å². The van der Waals surface area contributed by atoms with E-state index in [1.165, 1.54) is 38.5 Å². The molecule has 2 rings (SSSR count). The third-order valence-corrected chi connectivity index (χ3v) is 5.61. The van der Waals surface area contributed by atoms with E-state index in [2.05, 4.69) is 19.2 Å². The summed E-state index contributed by atoms with van der Waals surface area (Å²) in [5.74, 6) is 0.426. The fourth-order valence-electron chi connectivity index (χ4n) is 3.69. The summed E-state index contributed by atoms with van der Waals surface area (Å²) in [5.41, 5.74) is 0.148. The standard InChI is InChI=1S/C16H28ClNO/c1-16(2)11-7-6-8-12(16)15(19)18-14-10-5-3-4-9-13(14)17/h12-14H,3-11H2,1-2H3,(H,18,19). The van der Waals surface area contributed by atoms with Gasteiger partial charge < -0.3 is 5.32 Å². The molecule has 19 heavy (non-hydrogen) atoms. The number of carbonyl (C=O) groups excluding carboxylic acids is 1. The predicted octanol–water partition coefficient (Wildman–Crippen LogP) is 4.26. The zero-order valence-corrected chi connectivity index (χ0v) is 13.1. The van der Waals surface area contributed by atoms with Crippen molar-refractivity contribution in [1.29, 1.82) is 0 Å². The van der Waals surface area contributed by atoms with Gasteiger partial charge in [0, 0.05) is 12.0 Å². The summed E-state index contributed by atoms with van der Waals surface area (Å²) in [6.07, 6.45) is 10.4. The average Bonchev–Trinajstić information content (AvgIpc) is 2.54. The molecule has 2 saturated carbocycles. The van der Waals surface area contributed by atoms with Crippen molar-refractivity contribution in [2.75, 3.05) is 0 Å². The molecule has 2 fully saturated rings. The van der Waals surface area contributed by atoms with E-state index in [0.29, 0.717) is 0 Å². The molecule has 3 unspecified atom stereocenters. The lowest BCUT2D eigenvalue weighted by atomic mass is 9.68. The number of hydrogen-bond acceptors (Lipinski definition) is 1. The van der Waals surface area contributed by atoms with Crippen LogP contribution in [0.2, 0.25) is 0 Å². The van der Waals surface area contributed by atoms with Crippen LogP contribution >= 0.6 is 11.6 Å². The Kier molecular flexibility index (Phi) is 5.16. The monoisotopic (exact) mass is 285 g/mol. The van der Waals surface area contributed by atoms with Crippen molar-refractivity contribution >= 4 is 17.5 Å². The molecule has 0 bridgehead atoms. The highest BCUT2D eigenvalue weighted by atomic mass is 35.5. The predicted molar refractivity (Wildman–Crippen MR) is 80.4 cm³/mol. The van der Waals surface area contributed by atoms with Gasteiger partial charge in [-0.2, -0.15) is 0 Å². The van der Waals surface area contributed by atoms with Gasteiger partial charge >= 0.3 is 0 Å². The molecule has 110 valence electrons. The molecular weight excluding hydrogens is 258 g/mol. The fraction of sp³-hybridized carbons (Fsp3) is 0.938. The molecule has 3 atom stereocenters. The number of alkyl halides is 1. The fourth-order valence-corrected chi connectivity index (χ4v) is 4.03. The lowest BCUT2D eigenvalue weighted by Gasteiger charge is -2.38. The van der Waals surface area contributed by atoms with Crippen LogP contribution < -0.4 is 5.32 Å². The first-order valence-corrected chi connectivity index (χ1v) is 8.39. The molecule has 0 spiro atoms. The molecule has 1 N–H and O–H groups in total. The van der Waals surface area contributed by atoms with E-state index in [-0.39, 0.29) is 28.7 Å². The van der Waals surface area contributed by atoms with Gasteiger partial charge in [-0.1, -0.05) is 46.0 Å². The molecule has 0 radical (unpaired) electrons. The van der Waals surface area contributed by atoms with E-state index in [1.807, 2.05) is 0 Å². The summed E-state index contributed by atoms with van der Waals surface area (Å²) in [4.78, 5) is 12.6. The first-order valence-electron chi connectivity index (χ1n) is 7.95. The average molecular weight is 286 g/mol. The highest BCUT2D eigenvalue weighted by molar-refractivity contribution is 6.21. The minimum atomic E-state index is 0.123. The molecule has 0 aromatic heterocycles. The lowest BCUT2D eigenvalue weighted by Crippen LogP contribution is -2.47. The van der Waals surface area contributed by atoms with Gasteiger partial charge in [0.2, 0.25) is 5.91 Å². The Morgan fingerprint density at radius 2 is 1.74 bits per heavy atom. The summed E-state index contributed by atoms with van der Waals surface area (Å²) in [6, 6.07) is 0.189. The number of carbonyl (C=O) groups is 1. The zero-order chi connectivity index (χ0) is 13.9. The van der Waals surface area contributed by atoms with Gasteiger partial charge in [-0.3, -0.25) is 4.79 Å². The minimum absolute atomic E-state index is 0.123. The molecule has 0 aliphatic heterocycles. The van der Waals surface area contributed by atoms with Crippen LogP contribution in [-0.4, -0.2) is 17.3 Å². The highest BCUT2D eigenvalue weighted by Gasteiger charge is 2.38. The molecule has 2 aliphatic carbocycles. The third-order valence-electron chi connectivity index (χ3n) is 5.08. The van der Waals surface area contributed by atoms with Gasteiger partial charge in [-0.25, -0.2) is 0 Å². The number of halogens is 1. The first-order chi connectivity index (χ1) is 9.00. The summed E-state index contributed by atoms with van der Waals surface area (Å²) in [7, 11) is 0. The van der Waals surface area contributed by atoms with Crippen LogP contribution in [0.4, 0.5) is 0 Å². The molecule has 2 nitrogen and oxygen atoms in total. The smallest absolute Gasteiger partial charge is 0.223 e. The summed E-state index contributed by atoms with van der Waals surface area (Å²) in [5, 5.41) is 3.39. The van der Waals surface area contributed by atoms with E-state index < -0.39 is 0 Å². The molecular formula is C16H28ClNO. The normalized spacial score (nSPS) is 35.4. The summed E-state index contributed by atoms with van der Waals surface area (Å²) >= 11 is 6.43. The van der Waals surface area contributed by atoms with E-state index in [9.17, 15) is 4.79 Å². The molecule has 1 amide bonds. The van der Waals surface area contributed by atoms with Gasteiger partial charge in [0.15, 0.2) is 0 Å². The topological polar surface area (TPSA) is 29.1 Å². The van der Waals surface area contributed by atoms with Crippen molar-refractivity contribution in [2.24, 2.45) is 11.3 Å². The Bertz CT molecular complexity index is 316. The number of nitrogens with one attached hydrogen (secondary N) is 1. The van der Waals surface area contributed by atoms with E-state index in [4.69, 9.17) is 11.6 Å². The van der Waals surface area contributed by atoms with E-state index >= 15 is 0 Å². The highest BCUT2D eigenvalue weighted by Crippen LogP contribution is 2.40. The van der Waals surface area contributed by atoms with Crippen LogP contribution in [0, 0.1) is 11.3 Å². The van der Waals surface area contributed by atoms with Gasteiger partial charge in [-0.05, 0) is 31.1 Å². The number of rotatable bonds is 2. The third kappa shape index (κ3) is 3.87. The van der Waals surface area contributed by atoms with Crippen LogP contribution in [0.1, 0.15) is 71.6 Å². The second-order valence-electron chi connectivity index (χ2n) is 7.06. The molecule has 0 aromatic rings. The second kappa shape index (κ2) is 6.47. The minimum Gasteiger partial charge on any atom is -0.352 e. The Morgan fingerprint density at radius 3 is 2.47 bits per heavy atom. The number of amides is 1. The molecule has 0 heterocycles. The van der Waals surface area contributed by atoms with Crippen LogP contribution in [-0.2, 0) is 4.79 Å². The maximum absolute atomic E-state index is 12.6. The van der Waals surface area contributed by atoms with E-state index in [0.717, 1.165) is 19.3 Å². The van der Waals surface area contributed by atoms with Crippen molar-refractivity contribution < 1.29 is 4.79 Å². The number of hydrogen-bond donors (Lipinski definition) is 1. The van der Waals surface area contributed by atoms with E-state index in [1.54, 1.807) is 0 Å². The van der Waals surface area contributed by atoms with Crippen LogP contribution in [0.3, 0.4) is 0 Å². The van der Waals surface area contributed by atoms with Crippen LogP contribution in [0.25, 0.3) is 0 Å². The van der Waals surface area contributed by atoms with Crippen LogP contribution in [0.5, 0.6) is 0 Å². The zero-order valence-electron chi connectivity index (χ0n) is 12.4. The van der Waals surface area contributed by atoms with Crippen molar-refractivity contribution in [3.63, 3.8) is 0 Å². The Hall–Kier alpha value is -0.240. The quantitative estimate of drug-likeness (QED) is 0.596. The Labute approximate surface area is 122 Å². The molecule has 0 saturated heterocycles. The van der Waals surface area contributed by atoms with Crippen molar-refractivity contribution in [3.8, 4) is 0 Å². The lowest BCUT2D eigenvalue weighted by molar-refractivity contribution is -0.131. The summed E-state index contributed by atoms with van der Waals surface area (Å²) in [6.45, 7) is 4.48. The van der Waals surface area contributed by atoms with Gasteiger partial charge in [0.1, 0.15) is 0 Å². The first kappa shape index (κ1) is 15.2. The maximum Gasteiger partial charge on any atom is 0.223 e. The second-order valence-corrected chi connectivity index (χ2v) is 7.62. The van der Waals surface area contributed by atoms with Crippen LogP contribution in [0.15, 0.2) is 0 Å². The van der Waals surface area contributed by atoms with Gasteiger partial charge in [0.25, 0.3) is 0 Å². The molecule has 0 aromatic carbocycles. The van der Waals surface area contributed by atoms with Crippen molar-refractivity contribution in [2.45, 2.75) is 83.1 Å². The largest absolute Gasteiger partial charge is 0.352 e. The van der Waals surface area contributed by atoms with Crippen molar-refractivity contribution in [3.05, 3.63) is 0 Å². The summed E-state index contributed by atoms with van der Waals surface area (Å²) < 4.78 is 0. The molecule has 3 heteroatoms. The molecule has 2 aliphatic rings. The van der Waals surface area contributed by atoms with Gasteiger partial charge in [-0.15, -0.1) is 11.6 Å². The maximum atomic E-state index is 12.6. The Morgan fingerprint density at radius 1 is 1.05 bits per heavy atom. The van der Waals surface area contributed by atoms with Gasteiger partial charge in [0.05, 0.1) is 5.38 Å². The Balaban J connectivity index is 1.95.